The van der Waals surface area contributed by atoms with Crippen molar-refractivity contribution in [1.29, 1.82) is 5.26 Å². The number of nitriles is 1. The Morgan fingerprint density at radius 3 is 2.07 bits per heavy atom. The van der Waals surface area contributed by atoms with Crippen LogP contribution in [0.3, 0.4) is 0 Å². The Morgan fingerprint density at radius 2 is 1.87 bits per heavy atom. The van der Waals surface area contributed by atoms with Crippen LogP contribution in [0, 0.1) is 22.2 Å². The van der Waals surface area contributed by atoms with Gasteiger partial charge in [0.1, 0.15) is 0 Å². The van der Waals surface area contributed by atoms with E-state index in [0.717, 1.165) is 0 Å². The van der Waals surface area contributed by atoms with Gasteiger partial charge in [-0.3, -0.25) is 0 Å². The predicted molar refractivity (Wildman–Crippen MR) is 53.0 cm³/mol. The highest BCUT2D eigenvalue weighted by atomic mass is 16.4. The van der Waals surface area contributed by atoms with Gasteiger partial charge in [-0.05, 0) is 12.3 Å². The van der Waals surface area contributed by atoms with Crippen LogP contribution in [0.2, 0.25) is 0 Å². The number of carboxylic acid groups (broad SMARTS) is 1. The third-order valence-corrected chi connectivity index (χ3v) is 3.19. The van der Waals surface area contributed by atoms with Crippen molar-refractivity contribution in [2.75, 3.05) is 0 Å². The maximum atomic E-state index is 10.9. The molecule has 0 saturated heterocycles. The van der Waals surface area contributed by atoms with Crippen LogP contribution in [-0.2, 0) is 4.79 Å². The third kappa shape index (κ3) is 1.84. The van der Waals surface area contributed by atoms with Crippen molar-refractivity contribution >= 4 is 5.97 Å². The molecule has 0 bridgehead atoms. The van der Waals surface area contributed by atoms with Crippen LogP contribution in [0.15, 0.2) is 10.2 Å². The molecule has 1 rings (SSSR count). The van der Waals surface area contributed by atoms with Crippen LogP contribution in [0.4, 0.5) is 0 Å². The first kappa shape index (κ1) is 11.6. The topological polar surface area (TPSA) is 85.8 Å². The van der Waals surface area contributed by atoms with Crippen LogP contribution < -0.4 is 0 Å². The maximum absolute atomic E-state index is 10.9. The second-order valence-electron chi connectivity index (χ2n) is 5.19. The van der Waals surface area contributed by atoms with E-state index in [1.165, 1.54) is 0 Å². The van der Waals surface area contributed by atoms with Crippen molar-refractivity contribution in [1.82, 2.24) is 0 Å². The van der Waals surface area contributed by atoms with Gasteiger partial charge in [0.2, 0.25) is 0 Å². The lowest BCUT2D eigenvalue weighted by Gasteiger charge is -2.36. The molecule has 1 N–H and O–H groups in total. The average Bonchev–Trinajstić information content (AvgIpc) is 2.83. The van der Waals surface area contributed by atoms with Gasteiger partial charge in [0.15, 0.2) is 0 Å². The van der Waals surface area contributed by atoms with Crippen LogP contribution in [-0.4, -0.2) is 16.7 Å². The molecule has 0 radical (unpaired) electrons. The quantitative estimate of drug-likeness (QED) is 0.773. The van der Waals surface area contributed by atoms with E-state index in [1.807, 2.05) is 20.8 Å². The summed E-state index contributed by atoms with van der Waals surface area (Å²) in [7, 11) is 0. The Hall–Kier alpha value is -1.44. The summed E-state index contributed by atoms with van der Waals surface area (Å²) in [5.74, 6) is -1.08. The number of carbonyl (C=O) groups is 1. The third-order valence-electron chi connectivity index (χ3n) is 3.19. The van der Waals surface area contributed by atoms with Crippen molar-refractivity contribution in [2.45, 2.75) is 39.8 Å². The molecule has 0 amide bonds. The summed E-state index contributed by atoms with van der Waals surface area (Å²) in [6, 6.07) is 2.19. The normalized spacial score (nSPS) is 21.5. The predicted octanol–water partition coefficient (Wildman–Crippen LogP) is 2.20. The van der Waals surface area contributed by atoms with E-state index in [2.05, 4.69) is 16.3 Å². The summed E-state index contributed by atoms with van der Waals surface area (Å²) in [6.45, 7) is 7.48. The molecule has 1 heterocycles. The minimum atomic E-state index is -1.36. The molecule has 1 atom stereocenters. The fraction of sp³-hybridized carbons (Fsp3) is 0.800. The summed E-state index contributed by atoms with van der Waals surface area (Å²) >= 11 is 0. The van der Waals surface area contributed by atoms with E-state index in [-0.39, 0.29) is 11.8 Å². The lowest BCUT2D eigenvalue weighted by Crippen LogP contribution is -2.39. The van der Waals surface area contributed by atoms with Crippen LogP contribution >= 0.6 is 0 Å². The van der Waals surface area contributed by atoms with Gasteiger partial charge >= 0.3 is 5.97 Å². The smallest absolute Gasteiger partial charge is 0.358 e. The molecule has 0 aromatic rings. The van der Waals surface area contributed by atoms with Crippen molar-refractivity contribution in [3.8, 4) is 6.07 Å². The Morgan fingerprint density at radius 1 is 1.40 bits per heavy atom. The second kappa shape index (κ2) is 3.02. The molecular weight excluding hydrogens is 194 g/mol. The molecule has 0 spiro atoms. The molecule has 5 heteroatoms. The highest BCUT2D eigenvalue weighted by Crippen LogP contribution is 2.48. The van der Waals surface area contributed by atoms with Gasteiger partial charge in [0, 0.05) is 6.42 Å². The first-order valence-electron chi connectivity index (χ1n) is 4.76. The van der Waals surface area contributed by atoms with Gasteiger partial charge in [-0.2, -0.15) is 5.26 Å². The minimum Gasteiger partial charge on any atom is -0.478 e. The molecule has 82 valence electrons. The SMILES string of the molecule is CC(C)(C)C(C)(C#N)CC1(C(=O)O)N=N1. The molecule has 5 nitrogen and oxygen atoms in total. The van der Waals surface area contributed by atoms with Gasteiger partial charge in [0.25, 0.3) is 5.66 Å². The molecular formula is C10H15N3O2. The van der Waals surface area contributed by atoms with Gasteiger partial charge < -0.3 is 5.11 Å². The fourth-order valence-electron chi connectivity index (χ4n) is 1.26. The van der Waals surface area contributed by atoms with Crippen molar-refractivity contribution in [3.63, 3.8) is 0 Å². The molecule has 1 aliphatic rings. The van der Waals surface area contributed by atoms with E-state index in [9.17, 15) is 4.79 Å². The molecule has 15 heavy (non-hydrogen) atoms. The van der Waals surface area contributed by atoms with E-state index in [1.54, 1.807) is 6.92 Å². The van der Waals surface area contributed by atoms with E-state index < -0.39 is 17.0 Å². The molecule has 0 aromatic carbocycles. The summed E-state index contributed by atoms with van der Waals surface area (Å²) < 4.78 is 0. The molecule has 1 aliphatic heterocycles. The number of hydrogen-bond donors (Lipinski definition) is 1. The molecule has 0 aliphatic carbocycles. The number of carboxylic acids is 1. The van der Waals surface area contributed by atoms with E-state index in [4.69, 9.17) is 10.4 Å². The fourth-order valence-corrected chi connectivity index (χ4v) is 1.26. The van der Waals surface area contributed by atoms with E-state index >= 15 is 0 Å². The van der Waals surface area contributed by atoms with Crippen LogP contribution in [0.5, 0.6) is 0 Å². The average molecular weight is 209 g/mol. The Kier molecular flexibility index (Phi) is 2.35. The van der Waals surface area contributed by atoms with Crippen LogP contribution in [0.1, 0.15) is 34.1 Å². The number of rotatable bonds is 3. The van der Waals surface area contributed by atoms with Crippen LogP contribution in [0.25, 0.3) is 0 Å². The largest absolute Gasteiger partial charge is 0.478 e. The minimum absolute atomic E-state index is 0.134. The maximum Gasteiger partial charge on any atom is 0.358 e. The zero-order chi connectivity index (χ0) is 11.9. The molecule has 0 fully saturated rings. The number of nitrogens with zero attached hydrogens (tertiary/aromatic N) is 3. The lowest BCUT2D eigenvalue weighted by atomic mass is 9.65. The van der Waals surface area contributed by atoms with E-state index in [0.29, 0.717) is 0 Å². The molecule has 0 saturated carbocycles. The Labute approximate surface area is 88.8 Å². The molecule has 1 unspecified atom stereocenters. The van der Waals surface area contributed by atoms with Gasteiger partial charge in [-0.1, -0.05) is 20.8 Å². The van der Waals surface area contributed by atoms with Gasteiger partial charge in [-0.15, -0.1) is 10.2 Å². The zero-order valence-corrected chi connectivity index (χ0v) is 9.40. The Bertz CT molecular complexity index is 356. The monoisotopic (exact) mass is 209 g/mol. The first-order valence-corrected chi connectivity index (χ1v) is 4.76. The van der Waals surface area contributed by atoms with Crippen molar-refractivity contribution < 1.29 is 9.90 Å². The zero-order valence-electron chi connectivity index (χ0n) is 9.40. The highest BCUT2D eigenvalue weighted by Gasteiger charge is 2.56. The second-order valence-corrected chi connectivity index (χ2v) is 5.19. The van der Waals surface area contributed by atoms with Gasteiger partial charge in [0.05, 0.1) is 11.5 Å². The van der Waals surface area contributed by atoms with Crippen molar-refractivity contribution in [3.05, 3.63) is 0 Å². The Balaban J connectivity index is 2.89. The first-order chi connectivity index (χ1) is 6.67. The molecule has 0 aromatic heterocycles. The highest BCUT2D eigenvalue weighted by molar-refractivity contribution is 5.80. The van der Waals surface area contributed by atoms with Crippen molar-refractivity contribution in [2.24, 2.45) is 21.1 Å². The summed E-state index contributed by atoms with van der Waals surface area (Å²) in [6.07, 6.45) is 0.134. The lowest BCUT2D eigenvalue weighted by molar-refractivity contribution is -0.141. The summed E-state index contributed by atoms with van der Waals surface area (Å²) in [4.78, 5) is 10.9. The summed E-state index contributed by atoms with van der Waals surface area (Å²) in [5.41, 5.74) is -2.43. The number of hydrogen-bond acceptors (Lipinski definition) is 4. The standard InChI is InChI=1S/C10H15N3O2/c1-8(2,3)9(4,6-11)5-10(7(14)15)12-13-10/h5H2,1-4H3,(H,14,15). The summed E-state index contributed by atoms with van der Waals surface area (Å²) in [5, 5.41) is 25.2. The van der Waals surface area contributed by atoms with Gasteiger partial charge in [-0.25, -0.2) is 4.79 Å². The number of aliphatic carboxylic acids is 1.